The summed E-state index contributed by atoms with van der Waals surface area (Å²) in [6.07, 6.45) is 1.85. The molecule has 2 aromatic carbocycles. The van der Waals surface area contributed by atoms with Gasteiger partial charge in [-0.15, -0.1) is 0 Å². The number of halogens is 4. The molecule has 0 bridgehead atoms. The maximum atomic E-state index is 14.3. The highest BCUT2D eigenvalue weighted by Gasteiger charge is 2.30. The van der Waals surface area contributed by atoms with E-state index < -0.39 is 17.8 Å². The number of nitrogens with zero attached hydrogens (tertiary/aromatic N) is 1. The summed E-state index contributed by atoms with van der Waals surface area (Å²) >= 11 is 18.7. The lowest BCUT2D eigenvalue weighted by Gasteiger charge is -2.31. The highest BCUT2D eigenvalue weighted by atomic mass is 35.5. The van der Waals surface area contributed by atoms with Crippen LogP contribution in [0.2, 0.25) is 15.1 Å². The normalized spacial score (nSPS) is 11.8. The Hall–Kier alpha value is -1.82. The first-order valence-electron chi connectivity index (χ1n) is 10.2. The lowest BCUT2D eigenvalue weighted by atomic mass is 10.1. The van der Waals surface area contributed by atoms with E-state index in [4.69, 9.17) is 34.8 Å². The molecule has 1 atom stereocenters. The van der Waals surface area contributed by atoms with E-state index in [1.54, 1.807) is 18.2 Å². The summed E-state index contributed by atoms with van der Waals surface area (Å²) in [6.45, 7) is 4.37. The summed E-state index contributed by atoms with van der Waals surface area (Å²) < 4.78 is 14.3. The Morgan fingerprint density at radius 3 is 2.13 bits per heavy atom. The Kier molecular flexibility index (Phi) is 10.1. The van der Waals surface area contributed by atoms with Gasteiger partial charge in [0.25, 0.3) is 0 Å². The van der Waals surface area contributed by atoms with Crippen molar-refractivity contribution in [2.45, 2.75) is 52.1 Å². The molecular weight excluding hydrogens is 462 g/mol. The quantitative estimate of drug-likeness (QED) is 0.415. The van der Waals surface area contributed by atoms with Crippen LogP contribution in [0.1, 0.15) is 44.2 Å². The molecule has 8 heteroatoms. The van der Waals surface area contributed by atoms with Gasteiger partial charge in [-0.2, -0.15) is 0 Å². The molecule has 168 valence electrons. The molecule has 0 aliphatic heterocycles. The number of rotatable bonds is 10. The first-order chi connectivity index (χ1) is 14.8. The second-order valence-electron chi connectivity index (χ2n) is 7.17. The molecule has 0 saturated carbocycles. The van der Waals surface area contributed by atoms with Crippen LogP contribution in [0.4, 0.5) is 4.39 Å². The fourth-order valence-electron chi connectivity index (χ4n) is 3.23. The van der Waals surface area contributed by atoms with Crippen LogP contribution in [0.5, 0.6) is 0 Å². The minimum Gasteiger partial charge on any atom is -0.354 e. The van der Waals surface area contributed by atoms with Gasteiger partial charge in [-0.3, -0.25) is 9.59 Å². The third kappa shape index (κ3) is 6.83. The van der Waals surface area contributed by atoms with E-state index in [0.29, 0.717) is 28.6 Å². The molecule has 31 heavy (non-hydrogen) atoms. The van der Waals surface area contributed by atoms with Crippen molar-refractivity contribution in [3.8, 4) is 0 Å². The van der Waals surface area contributed by atoms with Crippen LogP contribution in [0.3, 0.4) is 0 Å². The predicted molar refractivity (Wildman–Crippen MR) is 124 cm³/mol. The number of amides is 2. The van der Waals surface area contributed by atoms with Crippen LogP contribution in [0.15, 0.2) is 36.4 Å². The van der Waals surface area contributed by atoms with Crippen LogP contribution in [-0.2, 0) is 22.6 Å². The summed E-state index contributed by atoms with van der Waals surface area (Å²) in [4.78, 5) is 27.6. The van der Waals surface area contributed by atoms with E-state index >= 15 is 0 Å². The summed E-state index contributed by atoms with van der Waals surface area (Å²) in [5.41, 5.74) is 0.615. The number of benzene rings is 2. The van der Waals surface area contributed by atoms with E-state index in [1.807, 2.05) is 13.8 Å². The summed E-state index contributed by atoms with van der Waals surface area (Å²) in [6, 6.07) is 8.53. The highest BCUT2D eigenvalue weighted by molar-refractivity contribution is 6.36. The van der Waals surface area contributed by atoms with Crippen LogP contribution in [0.25, 0.3) is 0 Å². The first-order valence-corrected chi connectivity index (χ1v) is 11.4. The van der Waals surface area contributed by atoms with E-state index in [-0.39, 0.29) is 29.5 Å². The Morgan fingerprint density at radius 2 is 1.58 bits per heavy atom. The Labute approximate surface area is 197 Å². The lowest BCUT2D eigenvalue weighted by molar-refractivity contribution is -0.141. The topological polar surface area (TPSA) is 49.4 Å². The van der Waals surface area contributed by atoms with Crippen molar-refractivity contribution < 1.29 is 14.0 Å². The smallest absolute Gasteiger partial charge is 0.242 e. The van der Waals surface area contributed by atoms with Crippen LogP contribution >= 0.6 is 34.8 Å². The fraction of sp³-hybridized carbons (Fsp3) is 0.391. The Bertz CT molecular complexity index is 883. The van der Waals surface area contributed by atoms with Gasteiger partial charge in [-0.05, 0) is 37.1 Å². The molecule has 2 aromatic rings. The summed E-state index contributed by atoms with van der Waals surface area (Å²) in [7, 11) is 0. The van der Waals surface area contributed by atoms with E-state index in [2.05, 4.69) is 5.32 Å². The summed E-state index contributed by atoms with van der Waals surface area (Å²) in [5, 5.41) is 3.80. The highest BCUT2D eigenvalue weighted by Crippen LogP contribution is 2.28. The van der Waals surface area contributed by atoms with Crippen molar-refractivity contribution in [3.05, 3.63) is 68.4 Å². The standard InChI is InChI=1S/C23H26Cl3FN2O2/c1-3-5-12-28-23(31)21(4-2)29(14-16-18(25)8-6-9-19(16)26)22(30)13-15-17(24)10-7-11-20(15)27/h6-11,21H,3-5,12-14H2,1-2H3,(H,28,31)/t21-/m0/s1. The van der Waals surface area contributed by atoms with Crippen molar-refractivity contribution >= 4 is 46.6 Å². The molecule has 0 saturated heterocycles. The van der Waals surface area contributed by atoms with E-state index in [9.17, 15) is 14.0 Å². The lowest BCUT2D eigenvalue weighted by Crippen LogP contribution is -2.49. The molecule has 2 amide bonds. The van der Waals surface area contributed by atoms with E-state index in [0.717, 1.165) is 12.8 Å². The van der Waals surface area contributed by atoms with Gasteiger partial charge in [0.05, 0.1) is 6.42 Å². The number of nitrogens with one attached hydrogen (secondary N) is 1. The molecule has 0 heterocycles. The molecular formula is C23H26Cl3FN2O2. The van der Waals surface area contributed by atoms with Gasteiger partial charge in [-0.25, -0.2) is 4.39 Å². The van der Waals surface area contributed by atoms with Gasteiger partial charge in [0, 0.05) is 39.3 Å². The van der Waals surface area contributed by atoms with E-state index in [1.165, 1.54) is 23.1 Å². The zero-order valence-corrected chi connectivity index (χ0v) is 19.8. The van der Waals surface area contributed by atoms with Gasteiger partial charge in [0.1, 0.15) is 11.9 Å². The SMILES string of the molecule is CCCCNC(=O)[C@H](CC)N(Cc1c(Cl)cccc1Cl)C(=O)Cc1c(F)cccc1Cl. The number of carbonyl (C=O) groups is 2. The van der Waals surface area contributed by atoms with Crippen molar-refractivity contribution in [3.63, 3.8) is 0 Å². The zero-order chi connectivity index (χ0) is 23.0. The van der Waals surface area contributed by atoms with Crippen LogP contribution < -0.4 is 5.32 Å². The van der Waals surface area contributed by atoms with Gasteiger partial charge < -0.3 is 10.2 Å². The third-order valence-corrected chi connectivity index (χ3v) is 6.06. The maximum absolute atomic E-state index is 14.3. The van der Waals surface area contributed by atoms with Gasteiger partial charge >= 0.3 is 0 Å². The molecule has 0 aliphatic carbocycles. The second kappa shape index (κ2) is 12.3. The molecule has 0 radical (unpaired) electrons. The monoisotopic (exact) mass is 486 g/mol. The van der Waals surface area contributed by atoms with Crippen molar-refractivity contribution in [2.24, 2.45) is 0 Å². The number of hydrogen-bond acceptors (Lipinski definition) is 2. The third-order valence-electron chi connectivity index (χ3n) is 5.00. The minimum atomic E-state index is -0.762. The van der Waals surface area contributed by atoms with Crippen LogP contribution in [0, 0.1) is 5.82 Å². The number of unbranched alkanes of at least 4 members (excludes halogenated alkanes) is 1. The van der Waals surface area contributed by atoms with Gasteiger partial charge in [0.15, 0.2) is 0 Å². The van der Waals surface area contributed by atoms with Gasteiger partial charge in [0.2, 0.25) is 11.8 Å². The average molecular weight is 488 g/mol. The zero-order valence-electron chi connectivity index (χ0n) is 17.6. The fourth-order valence-corrected chi connectivity index (χ4v) is 3.98. The second-order valence-corrected chi connectivity index (χ2v) is 8.39. The first kappa shape index (κ1) is 25.4. The molecule has 0 fully saturated rings. The minimum absolute atomic E-state index is 0.0170. The molecule has 2 rings (SSSR count). The molecule has 0 aromatic heterocycles. The molecule has 0 unspecified atom stereocenters. The van der Waals surface area contributed by atoms with Crippen LogP contribution in [-0.4, -0.2) is 29.3 Å². The maximum Gasteiger partial charge on any atom is 0.242 e. The van der Waals surface area contributed by atoms with Gasteiger partial charge in [-0.1, -0.05) is 67.2 Å². The predicted octanol–water partition coefficient (Wildman–Crippen LogP) is 6.05. The Balaban J connectivity index is 2.38. The van der Waals surface area contributed by atoms with Crippen molar-refractivity contribution in [1.82, 2.24) is 10.2 Å². The largest absolute Gasteiger partial charge is 0.354 e. The summed E-state index contributed by atoms with van der Waals surface area (Å²) in [5.74, 6) is -1.29. The molecule has 0 spiro atoms. The molecule has 0 aliphatic rings. The van der Waals surface area contributed by atoms with Crippen molar-refractivity contribution in [1.29, 1.82) is 0 Å². The Morgan fingerprint density at radius 1 is 1.00 bits per heavy atom. The molecule has 4 nitrogen and oxygen atoms in total. The number of carbonyl (C=O) groups excluding carboxylic acids is 2. The number of hydrogen-bond donors (Lipinski definition) is 1. The average Bonchev–Trinajstić information content (AvgIpc) is 2.72. The molecule has 1 N–H and O–H groups in total. The van der Waals surface area contributed by atoms with Crippen molar-refractivity contribution in [2.75, 3.05) is 6.54 Å².